The Hall–Kier alpha value is -3.61. The molecule has 0 radical (unpaired) electrons. The van der Waals surface area contributed by atoms with Crippen LogP contribution in [0.3, 0.4) is 0 Å². The molecule has 1 N–H and O–H groups in total. The number of aromatic nitrogens is 2. The van der Waals surface area contributed by atoms with Crippen molar-refractivity contribution in [3.8, 4) is 5.75 Å². The number of fused-ring (bicyclic) bond motifs is 3. The first kappa shape index (κ1) is 18.7. The van der Waals surface area contributed by atoms with Gasteiger partial charge in [0.05, 0.1) is 18.1 Å². The highest BCUT2D eigenvalue weighted by Gasteiger charge is 2.14. The van der Waals surface area contributed by atoms with Gasteiger partial charge in [0, 0.05) is 12.7 Å². The van der Waals surface area contributed by atoms with Crippen molar-refractivity contribution in [2.75, 3.05) is 13.7 Å². The third-order valence-electron chi connectivity index (χ3n) is 4.91. The van der Waals surface area contributed by atoms with Crippen LogP contribution < -0.4 is 15.6 Å². The van der Waals surface area contributed by atoms with Crippen molar-refractivity contribution in [2.24, 2.45) is 0 Å². The minimum absolute atomic E-state index is 0.188. The Morgan fingerprint density at radius 2 is 1.90 bits per heavy atom. The second kappa shape index (κ2) is 7.79. The van der Waals surface area contributed by atoms with E-state index in [4.69, 9.17) is 4.74 Å². The molecule has 0 atom stereocenters. The average Bonchev–Trinajstić information content (AvgIpc) is 3.21. The summed E-state index contributed by atoms with van der Waals surface area (Å²) in [5.74, 6) is -0.0182. The lowest BCUT2D eigenvalue weighted by Crippen LogP contribution is -2.34. The summed E-state index contributed by atoms with van der Waals surface area (Å²) >= 11 is 0. The van der Waals surface area contributed by atoms with Gasteiger partial charge in [0.25, 0.3) is 5.56 Å². The number of carbonyl (C=O) groups is 1. The van der Waals surface area contributed by atoms with E-state index in [0.717, 1.165) is 11.3 Å². The quantitative estimate of drug-likeness (QED) is 0.548. The smallest absolute Gasteiger partial charge is 0.275 e. The van der Waals surface area contributed by atoms with E-state index in [1.54, 1.807) is 35.9 Å². The van der Waals surface area contributed by atoms with Crippen LogP contribution >= 0.6 is 0 Å². The molecule has 148 valence electrons. The SMILES string of the molecule is COc1ccccc1CCNC(=O)Cn1c(=O)c2cccn2c2ccc(F)cc21. The van der Waals surface area contributed by atoms with Gasteiger partial charge < -0.3 is 14.5 Å². The van der Waals surface area contributed by atoms with Crippen LogP contribution in [0, 0.1) is 5.82 Å². The van der Waals surface area contributed by atoms with Gasteiger partial charge in [-0.2, -0.15) is 0 Å². The summed E-state index contributed by atoms with van der Waals surface area (Å²) in [6.07, 6.45) is 2.34. The molecule has 6 nitrogen and oxygen atoms in total. The lowest BCUT2D eigenvalue weighted by molar-refractivity contribution is -0.121. The number of methoxy groups -OCH3 is 1. The summed E-state index contributed by atoms with van der Waals surface area (Å²) in [6.45, 7) is 0.208. The molecule has 0 saturated heterocycles. The molecule has 0 aliphatic rings. The van der Waals surface area contributed by atoms with Crippen molar-refractivity contribution in [1.29, 1.82) is 0 Å². The van der Waals surface area contributed by atoms with Crippen LogP contribution in [0.25, 0.3) is 16.6 Å². The first-order valence-corrected chi connectivity index (χ1v) is 9.26. The van der Waals surface area contributed by atoms with E-state index in [-0.39, 0.29) is 18.0 Å². The number of benzene rings is 2. The lowest BCUT2D eigenvalue weighted by atomic mass is 10.1. The molecule has 0 aliphatic carbocycles. The van der Waals surface area contributed by atoms with Gasteiger partial charge in [-0.05, 0) is 48.4 Å². The lowest BCUT2D eigenvalue weighted by Gasteiger charge is -2.13. The Kier molecular flexibility index (Phi) is 5.03. The Labute approximate surface area is 166 Å². The van der Waals surface area contributed by atoms with Crippen molar-refractivity contribution in [1.82, 2.24) is 14.3 Å². The van der Waals surface area contributed by atoms with Gasteiger partial charge in [-0.15, -0.1) is 0 Å². The summed E-state index contributed by atoms with van der Waals surface area (Å²) < 4.78 is 22.2. The number of hydrogen-bond donors (Lipinski definition) is 1. The normalized spacial score (nSPS) is 11.1. The van der Waals surface area contributed by atoms with Crippen molar-refractivity contribution in [2.45, 2.75) is 13.0 Å². The van der Waals surface area contributed by atoms with Gasteiger partial charge in [-0.25, -0.2) is 4.39 Å². The Bertz CT molecular complexity index is 1260. The first-order valence-electron chi connectivity index (χ1n) is 9.26. The van der Waals surface area contributed by atoms with E-state index in [1.807, 2.05) is 24.3 Å². The minimum atomic E-state index is -0.464. The monoisotopic (exact) mass is 393 g/mol. The van der Waals surface area contributed by atoms with Crippen LogP contribution in [-0.2, 0) is 17.8 Å². The van der Waals surface area contributed by atoms with Gasteiger partial charge in [-0.3, -0.25) is 14.2 Å². The maximum Gasteiger partial charge on any atom is 0.275 e. The first-order chi connectivity index (χ1) is 14.1. The number of hydrogen-bond acceptors (Lipinski definition) is 3. The standard InChI is InChI=1S/C22H20FN3O3/c1-29-20-7-3-2-5-15(20)10-11-24-21(27)14-26-19-13-16(23)8-9-17(19)25-12-4-6-18(25)22(26)28/h2-9,12-13H,10-11,14H2,1H3,(H,24,27). The topological polar surface area (TPSA) is 64.7 Å². The molecule has 2 aromatic carbocycles. The van der Waals surface area contributed by atoms with Crippen LogP contribution in [-0.4, -0.2) is 28.5 Å². The minimum Gasteiger partial charge on any atom is -0.496 e. The molecule has 0 unspecified atom stereocenters. The fraction of sp³-hybridized carbons (Fsp3) is 0.182. The summed E-state index contributed by atoms with van der Waals surface area (Å²) in [7, 11) is 1.60. The third-order valence-corrected chi connectivity index (χ3v) is 4.91. The zero-order valence-corrected chi connectivity index (χ0v) is 15.9. The zero-order valence-electron chi connectivity index (χ0n) is 15.9. The molecule has 0 fully saturated rings. The number of nitrogens with one attached hydrogen (secondary N) is 1. The maximum absolute atomic E-state index is 13.8. The number of rotatable bonds is 6. The van der Waals surface area contributed by atoms with Gasteiger partial charge in [-0.1, -0.05) is 18.2 Å². The van der Waals surface area contributed by atoms with E-state index in [0.29, 0.717) is 29.5 Å². The van der Waals surface area contributed by atoms with Gasteiger partial charge >= 0.3 is 0 Å². The number of halogens is 1. The summed E-state index contributed by atoms with van der Waals surface area (Å²) in [4.78, 5) is 25.4. The van der Waals surface area contributed by atoms with E-state index in [2.05, 4.69) is 5.32 Å². The van der Waals surface area contributed by atoms with Crippen LogP contribution in [0.15, 0.2) is 65.6 Å². The van der Waals surface area contributed by atoms with Crippen LogP contribution in [0.5, 0.6) is 5.75 Å². The molecular weight excluding hydrogens is 373 g/mol. The molecule has 0 bridgehead atoms. The molecule has 7 heteroatoms. The largest absolute Gasteiger partial charge is 0.496 e. The fourth-order valence-corrected chi connectivity index (χ4v) is 3.53. The Balaban J connectivity index is 1.57. The Morgan fingerprint density at radius 1 is 1.07 bits per heavy atom. The van der Waals surface area contributed by atoms with E-state index in [1.165, 1.54) is 16.7 Å². The molecule has 0 aliphatic heterocycles. The highest BCUT2D eigenvalue weighted by atomic mass is 19.1. The average molecular weight is 393 g/mol. The van der Waals surface area contributed by atoms with Crippen molar-refractivity contribution in [3.05, 3.63) is 82.5 Å². The molecule has 1 amide bonds. The Morgan fingerprint density at radius 3 is 2.72 bits per heavy atom. The predicted octanol–water partition coefficient (Wildman–Crippen LogP) is 2.76. The molecule has 2 heterocycles. The van der Waals surface area contributed by atoms with Crippen LogP contribution in [0.2, 0.25) is 0 Å². The molecule has 4 rings (SSSR count). The summed E-state index contributed by atoms with van der Waals surface area (Å²) in [5, 5.41) is 2.82. The molecule has 0 spiro atoms. The molecule has 2 aromatic heterocycles. The maximum atomic E-state index is 13.8. The highest BCUT2D eigenvalue weighted by molar-refractivity contribution is 5.82. The number of carbonyl (C=O) groups excluding carboxylic acids is 1. The summed E-state index contributed by atoms with van der Waals surface area (Å²) in [5.41, 5.74) is 2.11. The molecule has 0 saturated carbocycles. The number of ether oxygens (including phenoxy) is 1. The molecular formula is C22H20FN3O3. The fourth-order valence-electron chi connectivity index (χ4n) is 3.53. The van der Waals surface area contributed by atoms with Crippen molar-refractivity contribution >= 4 is 22.5 Å². The number of para-hydroxylation sites is 1. The second-order valence-electron chi connectivity index (χ2n) is 6.70. The zero-order chi connectivity index (χ0) is 20.4. The van der Waals surface area contributed by atoms with Gasteiger partial charge in [0.2, 0.25) is 5.91 Å². The van der Waals surface area contributed by atoms with Crippen molar-refractivity contribution in [3.63, 3.8) is 0 Å². The highest BCUT2D eigenvalue weighted by Crippen LogP contribution is 2.18. The third kappa shape index (κ3) is 3.59. The van der Waals surface area contributed by atoms with Crippen molar-refractivity contribution < 1.29 is 13.9 Å². The molecule has 4 aromatic rings. The van der Waals surface area contributed by atoms with E-state index in [9.17, 15) is 14.0 Å². The summed E-state index contributed by atoms with van der Waals surface area (Å²) in [6, 6.07) is 15.2. The van der Waals surface area contributed by atoms with Gasteiger partial charge in [0.1, 0.15) is 23.6 Å². The van der Waals surface area contributed by atoms with Crippen LogP contribution in [0.4, 0.5) is 4.39 Å². The number of amides is 1. The van der Waals surface area contributed by atoms with E-state index >= 15 is 0 Å². The predicted molar refractivity (Wildman–Crippen MR) is 109 cm³/mol. The van der Waals surface area contributed by atoms with Crippen LogP contribution in [0.1, 0.15) is 5.56 Å². The number of nitrogens with zero attached hydrogens (tertiary/aromatic N) is 2. The van der Waals surface area contributed by atoms with E-state index < -0.39 is 5.82 Å². The second-order valence-corrected chi connectivity index (χ2v) is 6.70. The van der Waals surface area contributed by atoms with Gasteiger partial charge in [0.15, 0.2) is 0 Å². The molecule has 29 heavy (non-hydrogen) atoms.